The van der Waals surface area contributed by atoms with Crippen LogP contribution in [-0.2, 0) is 4.74 Å². The normalized spacial score (nSPS) is 24.8. The summed E-state index contributed by atoms with van der Waals surface area (Å²) in [4.78, 5) is 15.3. The number of ether oxygens (including phenoxy) is 1. The number of aromatic nitrogens is 3. The summed E-state index contributed by atoms with van der Waals surface area (Å²) in [6.45, 7) is 1.59. The maximum absolute atomic E-state index is 14.5. The number of halogens is 1. The molecule has 0 saturated carbocycles. The summed E-state index contributed by atoms with van der Waals surface area (Å²) in [5, 5.41) is 11.9. The van der Waals surface area contributed by atoms with Gasteiger partial charge in [0.2, 0.25) is 0 Å². The topological polar surface area (TPSA) is 84.0 Å². The standard InChI is InChI=1S/C22H26FN5O2/c23-16-13-30-12-9-18(16)28-19-8-11-25-22(29)20(19)21(27-28)26-15-6-4-14(5-7-15)17-3-1-2-10-24-17/h4-8,11,16-18,24H,1-3,9-10,12-13H2,(H,25,29)(H,26,27). The molecule has 3 aromatic rings. The largest absolute Gasteiger partial charge is 0.378 e. The van der Waals surface area contributed by atoms with Crippen molar-refractivity contribution in [2.45, 2.75) is 43.9 Å². The van der Waals surface area contributed by atoms with Crippen LogP contribution in [0, 0.1) is 0 Å². The van der Waals surface area contributed by atoms with Gasteiger partial charge in [0.15, 0.2) is 5.82 Å². The van der Waals surface area contributed by atoms with Gasteiger partial charge in [0, 0.05) is 24.5 Å². The van der Waals surface area contributed by atoms with Crippen LogP contribution < -0.4 is 16.2 Å². The molecular formula is C22H26FN5O2. The van der Waals surface area contributed by atoms with E-state index in [0.717, 1.165) is 18.7 Å². The van der Waals surface area contributed by atoms with Crippen LogP contribution in [-0.4, -0.2) is 40.7 Å². The highest BCUT2D eigenvalue weighted by molar-refractivity contribution is 5.91. The van der Waals surface area contributed by atoms with Gasteiger partial charge < -0.3 is 20.4 Å². The summed E-state index contributed by atoms with van der Waals surface area (Å²) in [5.74, 6) is 0.439. The van der Waals surface area contributed by atoms with E-state index in [2.05, 4.69) is 32.8 Å². The number of alkyl halides is 1. The fourth-order valence-electron chi connectivity index (χ4n) is 4.48. The predicted octanol–water partition coefficient (Wildman–Crippen LogP) is 3.58. The molecule has 158 valence electrons. The summed E-state index contributed by atoms with van der Waals surface area (Å²) >= 11 is 0. The SMILES string of the molecule is O=c1[nH]ccc2c1c(Nc1ccc(C3CCCCN3)cc1)nn2C1CCOCC1F. The molecule has 4 heterocycles. The Morgan fingerprint density at radius 2 is 2.03 bits per heavy atom. The molecule has 2 saturated heterocycles. The molecule has 0 aliphatic carbocycles. The molecule has 8 heteroatoms. The molecule has 0 bridgehead atoms. The van der Waals surface area contributed by atoms with Crippen molar-refractivity contribution in [3.05, 3.63) is 52.4 Å². The van der Waals surface area contributed by atoms with E-state index in [4.69, 9.17) is 4.74 Å². The van der Waals surface area contributed by atoms with E-state index >= 15 is 0 Å². The maximum atomic E-state index is 14.5. The fraction of sp³-hybridized carbons (Fsp3) is 0.455. The number of anilines is 2. The number of nitrogens with one attached hydrogen (secondary N) is 3. The van der Waals surface area contributed by atoms with Crippen LogP contribution in [0.3, 0.4) is 0 Å². The molecule has 1 aromatic carbocycles. The minimum Gasteiger partial charge on any atom is -0.378 e. The lowest BCUT2D eigenvalue weighted by atomic mass is 9.97. The van der Waals surface area contributed by atoms with Gasteiger partial charge in [0.25, 0.3) is 5.56 Å². The lowest BCUT2D eigenvalue weighted by Gasteiger charge is -2.26. The summed E-state index contributed by atoms with van der Waals surface area (Å²) in [5.41, 5.74) is 2.48. The fourth-order valence-corrected chi connectivity index (χ4v) is 4.48. The predicted molar refractivity (Wildman–Crippen MR) is 114 cm³/mol. The minimum absolute atomic E-state index is 0.0502. The smallest absolute Gasteiger partial charge is 0.261 e. The zero-order valence-corrected chi connectivity index (χ0v) is 16.7. The van der Waals surface area contributed by atoms with Crippen molar-refractivity contribution >= 4 is 22.4 Å². The molecule has 3 atom stereocenters. The molecule has 2 aliphatic heterocycles. The van der Waals surface area contributed by atoms with Crippen molar-refractivity contribution in [2.75, 3.05) is 25.1 Å². The number of rotatable bonds is 4. The first-order chi connectivity index (χ1) is 14.7. The van der Waals surface area contributed by atoms with Gasteiger partial charge in [-0.05, 0) is 49.6 Å². The molecule has 5 rings (SSSR count). The number of hydrogen-bond acceptors (Lipinski definition) is 5. The monoisotopic (exact) mass is 411 g/mol. The highest BCUT2D eigenvalue weighted by Crippen LogP contribution is 2.31. The van der Waals surface area contributed by atoms with Crippen molar-refractivity contribution in [3.8, 4) is 0 Å². The van der Waals surface area contributed by atoms with Crippen LogP contribution >= 0.6 is 0 Å². The summed E-state index contributed by atoms with van der Waals surface area (Å²) in [6, 6.07) is 9.92. The van der Waals surface area contributed by atoms with Crippen molar-refractivity contribution in [1.29, 1.82) is 0 Å². The zero-order valence-electron chi connectivity index (χ0n) is 16.7. The van der Waals surface area contributed by atoms with E-state index in [-0.39, 0.29) is 12.2 Å². The number of fused-ring (bicyclic) bond motifs is 1. The second-order valence-corrected chi connectivity index (χ2v) is 8.06. The third-order valence-electron chi connectivity index (χ3n) is 6.08. The van der Waals surface area contributed by atoms with Gasteiger partial charge in [0.05, 0.1) is 18.2 Å². The Morgan fingerprint density at radius 1 is 1.17 bits per heavy atom. The zero-order chi connectivity index (χ0) is 20.5. The van der Waals surface area contributed by atoms with Gasteiger partial charge in [-0.25, -0.2) is 4.39 Å². The Labute approximate surface area is 173 Å². The van der Waals surface area contributed by atoms with E-state index in [1.54, 1.807) is 16.9 Å². The van der Waals surface area contributed by atoms with Crippen LogP contribution in [0.4, 0.5) is 15.9 Å². The molecular weight excluding hydrogens is 385 g/mol. The van der Waals surface area contributed by atoms with Gasteiger partial charge in [-0.3, -0.25) is 9.48 Å². The van der Waals surface area contributed by atoms with Gasteiger partial charge in [-0.2, -0.15) is 5.10 Å². The van der Waals surface area contributed by atoms with E-state index in [1.807, 2.05) is 12.1 Å². The highest BCUT2D eigenvalue weighted by Gasteiger charge is 2.30. The third kappa shape index (κ3) is 3.61. The van der Waals surface area contributed by atoms with Crippen molar-refractivity contribution in [2.24, 2.45) is 0 Å². The molecule has 3 N–H and O–H groups in total. The molecule has 0 spiro atoms. The second kappa shape index (κ2) is 8.20. The quantitative estimate of drug-likeness (QED) is 0.611. The van der Waals surface area contributed by atoms with Crippen molar-refractivity contribution < 1.29 is 9.13 Å². The van der Waals surface area contributed by atoms with Gasteiger partial charge >= 0.3 is 0 Å². The van der Waals surface area contributed by atoms with E-state index in [0.29, 0.717) is 35.8 Å². The summed E-state index contributed by atoms with van der Waals surface area (Å²) in [6.07, 6.45) is 4.56. The number of H-pyrrole nitrogens is 1. The van der Waals surface area contributed by atoms with Gasteiger partial charge in [-0.1, -0.05) is 18.6 Å². The van der Waals surface area contributed by atoms with Crippen LogP contribution in [0.2, 0.25) is 0 Å². The molecule has 3 unspecified atom stereocenters. The van der Waals surface area contributed by atoms with Crippen LogP contribution in [0.1, 0.15) is 43.3 Å². The number of aromatic amines is 1. The number of hydrogen-bond donors (Lipinski definition) is 3. The van der Waals surface area contributed by atoms with Crippen molar-refractivity contribution in [3.63, 3.8) is 0 Å². The molecule has 2 fully saturated rings. The highest BCUT2D eigenvalue weighted by atomic mass is 19.1. The molecule has 2 aromatic heterocycles. The lowest BCUT2D eigenvalue weighted by Crippen LogP contribution is -2.32. The Hall–Kier alpha value is -2.71. The number of benzene rings is 1. The second-order valence-electron chi connectivity index (χ2n) is 8.06. The van der Waals surface area contributed by atoms with E-state index < -0.39 is 12.2 Å². The summed E-state index contributed by atoms with van der Waals surface area (Å²) < 4.78 is 21.4. The Bertz CT molecular complexity index is 1070. The third-order valence-corrected chi connectivity index (χ3v) is 6.08. The molecule has 0 amide bonds. The Balaban J connectivity index is 1.46. The maximum Gasteiger partial charge on any atom is 0.261 e. The molecule has 2 aliphatic rings. The average Bonchev–Trinajstić information content (AvgIpc) is 3.14. The average molecular weight is 411 g/mol. The Morgan fingerprint density at radius 3 is 2.80 bits per heavy atom. The van der Waals surface area contributed by atoms with E-state index in [1.165, 1.54) is 18.4 Å². The first-order valence-corrected chi connectivity index (χ1v) is 10.6. The Kier molecular flexibility index (Phi) is 5.26. The first-order valence-electron chi connectivity index (χ1n) is 10.6. The lowest BCUT2D eigenvalue weighted by molar-refractivity contribution is 0.00124. The molecule has 30 heavy (non-hydrogen) atoms. The van der Waals surface area contributed by atoms with Crippen molar-refractivity contribution in [1.82, 2.24) is 20.1 Å². The first kappa shape index (κ1) is 19.3. The van der Waals surface area contributed by atoms with E-state index in [9.17, 15) is 9.18 Å². The van der Waals surface area contributed by atoms with Crippen LogP contribution in [0.5, 0.6) is 0 Å². The van der Waals surface area contributed by atoms with Gasteiger partial charge in [0.1, 0.15) is 11.6 Å². The molecule has 7 nitrogen and oxygen atoms in total. The van der Waals surface area contributed by atoms with Crippen LogP contribution in [0.15, 0.2) is 41.3 Å². The van der Waals surface area contributed by atoms with Crippen LogP contribution in [0.25, 0.3) is 10.9 Å². The molecule has 0 radical (unpaired) electrons. The number of nitrogens with zero attached hydrogens (tertiary/aromatic N) is 2. The minimum atomic E-state index is -1.16. The summed E-state index contributed by atoms with van der Waals surface area (Å²) in [7, 11) is 0. The number of pyridine rings is 1. The van der Waals surface area contributed by atoms with Gasteiger partial charge in [-0.15, -0.1) is 0 Å². The number of piperidine rings is 1.